The fraction of sp³-hybridized carbons (Fsp3) is 0.500. The van der Waals surface area contributed by atoms with Gasteiger partial charge in [0.25, 0.3) is 0 Å². The van der Waals surface area contributed by atoms with Crippen LogP contribution < -0.4 is 9.47 Å². The summed E-state index contributed by atoms with van der Waals surface area (Å²) in [6, 6.07) is 7.43. The van der Waals surface area contributed by atoms with Gasteiger partial charge in [-0.05, 0) is 25.2 Å². The molecule has 98 valence electrons. The van der Waals surface area contributed by atoms with Gasteiger partial charge in [-0.2, -0.15) is 5.26 Å². The molecular weight excluding hydrogens is 228 g/mol. The van der Waals surface area contributed by atoms with Crippen LogP contribution in [0.25, 0.3) is 0 Å². The summed E-state index contributed by atoms with van der Waals surface area (Å²) in [4.78, 5) is 2.27. The highest BCUT2D eigenvalue weighted by atomic mass is 16.5. The average molecular weight is 248 g/mol. The van der Waals surface area contributed by atoms with Crippen LogP contribution >= 0.6 is 0 Å². The van der Waals surface area contributed by atoms with E-state index in [9.17, 15) is 0 Å². The van der Waals surface area contributed by atoms with E-state index in [4.69, 9.17) is 14.7 Å². The van der Waals surface area contributed by atoms with Crippen LogP contribution in [0.15, 0.2) is 18.2 Å². The topological polar surface area (TPSA) is 45.5 Å². The second-order valence-electron chi connectivity index (χ2n) is 3.82. The van der Waals surface area contributed by atoms with Gasteiger partial charge in [0, 0.05) is 6.54 Å². The number of methoxy groups -OCH3 is 1. The molecule has 0 unspecified atom stereocenters. The van der Waals surface area contributed by atoms with Crippen molar-refractivity contribution < 1.29 is 9.47 Å². The molecule has 0 N–H and O–H groups in total. The molecule has 0 amide bonds. The summed E-state index contributed by atoms with van der Waals surface area (Å²) in [5.74, 6) is 1.14. The molecule has 18 heavy (non-hydrogen) atoms. The Labute approximate surface area is 109 Å². The van der Waals surface area contributed by atoms with Gasteiger partial charge < -0.3 is 14.4 Å². The predicted octanol–water partition coefficient (Wildman–Crippen LogP) is 2.29. The van der Waals surface area contributed by atoms with Gasteiger partial charge in [0.05, 0.1) is 12.7 Å². The Hall–Kier alpha value is -1.73. The molecule has 1 rings (SSSR count). The highest BCUT2D eigenvalue weighted by molar-refractivity contribution is 5.52. The molecular formula is C14H20N2O2. The number of benzene rings is 1. The lowest BCUT2D eigenvalue weighted by Gasteiger charge is -2.19. The second-order valence-corrected chi connectivity index (χ2v) is 3.82. The normalized spacial score (nSPS) is 10.2. The first-order chi connectivity index (χ1) is 8.76. The summed E-state index contributed by atoms with van der Waals surface area (Å²) >= 11 is 0. The number of ether oxygens (including phenoxy) is 2. The Morgan fingerprint density at radius 1 is 1.28 bits per heavy atom. The molecule has 0 aliphatic heterocycles. The third-order valence-corrected chi connectivity index (χ3v) is 2.87. The molecule has 0 spiro atoms. The number of para-hydroxylation sites is 1. The van der Waals surface area contributed by atoms with Crippen molar-refractivity contribution >= 4 is 0 Å². The monoisotopic (exact) mass is 248 g/mol. The maximum Gasteiger partial charge on any atom is 0.178 e. The van der Waals surface area contributed by atoms with Gasteiger partial charge in [0.1, 0.15) is 12.7 Å². The van der Waals surface area contributed by atoms with Gasteiger partial charge >= 0.3 is 0 Å². The predicted molar refractivity (Wildman–Crippen MR) is 71.0 cm³/mol. The van der Waals surface area contributed by atoms with Crippen LogP contribution in [0.1, 0.15) is 19.4 Å². The number of hydrogen-bond acceptors (Lipinski definition) is 4. The Morgan fingerprint density at radius 3 is 2.56 bits per heavy atom. The van der Waals surface area contributed by atoms with Crippen molar-refractivity contribution in [2.75, 3.05) is 33.4 Å². The van der Waals surface area contributed by atoms with Crippen LogP contribution in [0.3, 0.4) is 0 Å². The lowest BCUT2D eigenvalue weighted by atomic mass is 10.2. The zero-order valence-electron chi connectivity index (χ0n) is 11.3. The van der Waals surface area contributed by atoms with E-state index >= 15 is 0 Å². The quantitative estimate of drug-likeness (QED) is 0.742. The third kappa shape index (κ3) is 3.64. The molecule has 4 nitrogen and oxygen atoms in total. The Kier molecular flexibility index (Phi) is 6.03. The van der Waals surface area contributed by atoms with E-state index in [0.717, 1.165) is 19.6 Å². The Bertz CT molecular complexity index is 409. The summed E-state index contributed by atoms with van der Waals surface area (Å²) in [5.41, 5.74) is 0.508. The van der Waals surface area contributed by atoms with Crippen molar-refractivity contribution in [3.63, 3.8) is 0 Å². The van der Waals surface area contributed by atoms with Crippen LogP contribution in [0, 0.1) is 11.3 Å². The van der Waals surface area contributed by atoms with Crippen molar-refractivity contribution in [2.45, 2.75) is 13.8 Å². The fourth-order valence-electron chi connectivity index (χ4n) is 1.73. The van der Waals surface area contributed by atoms with Gasteiger partial charge in [-0.25, -0.2) is 0 Å². The average Bonchev–Trinajstić information content (AvgIpc) is 2.43. The molecule has 0 heterocycles. The molecule has 0 saturated heterocycles. The Balaban J connectivity index is 2.69. The summed E-state index contributed by atoms with van der Waals surface area (Å²) in [6.07, 6.45) is 0. The molecule has 0 saturated carbocycles. The van der Waals surface area contributed by atoms with E-state index in [0.29, 0.717) is 23.7 Å². The van der Waals surface area contributed by atoms with Crippen LogP contribution in [0.2, 0.25) is 0 Å². The summed E-state index contributed by atoms with van der Waals surface area (Å²) in [5, 5.41) is 9.04. The van der Waals surface area contributed by atoms with Crippen molar-refractivity contribution in [3.8, 4) is 17.6 Å². The van der Waals surface area contributed by atoms with Crippen LogP contribution in [-0.2, 0) is 0 Å². The first kappa shape index (κ1) is 14.3. The first-order valence-corrected chi connectivity index (χ1v) is 6.19. The minimum atomic E-state index is 0.508. The number of likely N-dealkylation sites (N-methyl/N-ethyl adjacent to an activating group) is 1. The maximum absolute atomic E-state index is 9.04. The minimum absolute atomic E-state index is 0.508. The second kappa shape index (κ2) is 7.57. The van der Waals surface area contributed by atoms with E-state index in [2.05, 4.69) is 24.8 Å². The van der Waals surface area contributed by atoms with E-state index in [1.165, 1.54) is 0 Å². The highest BCUT2D eigenvalue weighted by Gasteiger charge is 2.10. The lowest BCUT2D eigenvalue weighted by Crippen LogP contribution is -2.28. The van der Waals surface area contributed by atoms with Crippen molar-refractivity contribution in [1.29, 1.82) is 5.26 Å². The summed E-state index contributed by atoms with van der Waals surface area (Å²) in [6.45, 7) is 7.63. The molecule has 0 radical (unpaired) electrons. The molecule has 4 heteroatoms. The molecule has 0 aliphatic rings. The fourth-order valence-corrected chi connectivity index (χ4v) is 1.73. The third-order valence-electron chi connectivity index (χ3n) is 2.87. The molecule has 0 bridgehead atoms. The summed E-state index contributed by atoms with van der Waals surface area (Å²) in [7, 11) is 1.58. The Morgan fingerprint density at radius 2 is 2.00 bits per heavy atom. The minimum Gasteiger partial charge on any atom is -0.493 e. The number of rotatable bonds is 7. The van der Waals surface area contributed by atoms with Gasteiger partial charge in [0.15, 0.2) is 11.5 Å². The summed E-state index contributed by atoms with van der Waals surface area (Å²) < 4.78 is 10.9. The van der Waals surface area contributed by atoms with E-state index in [1.807, 2.05) is 0 Å². The van der Waals surface area contributed by atoms with Crippen molar-refractivity contribution in [2.24, 2.45) is 0 Å². The number of hydrogen-bond donors (Lipinski definition) is 0. The highest BCUT2D eigenvalue weighted by Crippen LogP contribution is 2.30. The van der Waals surface area contributed by atoms with Crippen LogP contribution in [0.5, 0.6) is 11.5 Å². The van der Waals surface area contributed by atoms with E-state index in [-0.39, 0.29) is 0 Å². The van der Waals surface area contributed by atoms with E-state index in [1.54, 1.807) is 25.3 Å². The van der Waals surface area contributed by atoms with Crippen LogP contribution in [-0.4, -0.2) is 38.3 Å². The zero-order chi connectivity index (χ0) is 13.4. The first-order valence-electron chi connectivity index (χ1n) is 6.19. The smallest absolute Gasteiger partial charge is 0.178 e. The molecule has 0 aromatic heterocycles. The van der Waals surface area contributed by atoms with Crippen molar-refractivity contribution in [1.82, 2.24) is 4.90 Å². The molecule has 0 aliphatic carbocycles. The van der Waals surface area contributed by atoms with E-state index < -0.39 is 0 Å². The number of nitriles is 1. The van der Waals surface area contributed by atoms with Crippen molar-refractivity contribution in [3.05, 3.63) is 23.8 Å². The zero-order valence-corrected chi connectivity index (χ0v) is 11.3. The molecule has 0 fully saturated rings. The van der Waals surface area contributed by atoms with Gasteiger partial charge in [-0.1, -0.05) is 19.9 Å². The van der Waals surface area contributed by atoms with Gasteiger partial charge in [-0.15, -0.1) is 0 Å². The van der Waals surface area contributed by atoms with Crippen LogP contribution in [0.4, 0.5) is 0 Å². The number of nitrogens with zero attached hydrogens (tertiary/aromatic N) is 2. The SMILES string of the molecule is CCN(CC)CCOc1c(C#N)cccc1OC. The lowest BCUT2D eigenvalue weighted by molar-refractivity contribution is 0.217. The molecule has 0 atom stereocenters. The molecule has 1 aromatic rings. The standard InChI is InChI=1S/C14H20N2O2/c1-4-16(5-2)9-10-18-14-12(11-15)7-6-8-13(14)17-3/h6-8H,4-5,9-10H2,1-3H3. The molecule has 1 aromatic carbocycles. The van der Waals surface area contributed by atoms with Gasteiger partial charge in [-0.3, -0.25) is 0 Å². The largest absolute Gasteiger partial charge is 0.493 e. The maximum atomic E-state index is 9.04. The van der Waals surface area contributed by atoms with Gasteiger partial charge in [0.2, 0.25) is 0 Å².